The highest BCUT2D eigenvalue weighted by molar-refractivity contribution is 9.10. The summed E-state index contributed by atoms with van der Waals surface area (Å²) in [5.41, 5.74) is 4.34. The lowest BCUT2D eigenvalue weighted by atomic mass is 10.1. The minimum atomic E-state index is -0.414. The van der Waals surface area contributed by atoms with Crippen molar-refractivity contribution in [2.75, 3.05) is 16.0 Å². The average molecular weight is 566 g/mol. The van der Waals surface area contributed by atoms with Crippen molar-refractivity contribution in [3.63, 3.8) is 0 Å². The van der Waals surface area contributed by atoms with Gasteiger partial charge in [-0.1, -0.05) is 41.9 Å². The van der Waals surface area contributed by atoms with Crippen LogP contribution in [0.25, 0.3) is 16.9 Å². The molecule has 0 aliphatic rings. The number of benzene rings is 3. The number of anilines is 3. The zero-order valence-corrected chi connectivity index (χ0v) is 21.0. The van der Waals surface area contributed by atoms with E-state index in [0.717, 1.165) is 27.1 Å². The lowest BCUT2D eigenvalue weighted by molar-refractivity contribution is 0.262. The SMILES string of the molecule is O=C(Nc1ccc(F)cc1)Nc1ccc(CNc2cc(-c3ccccc3Cl)nc3c(Br)cnn23)cc1. The Labute approximate surface area is 219 Å². The molecule has 3 N–H and O–H groups in total. The Kier molecular flexibility index (Phi) is 6.84. The predicted octanol–water partition coefficient (Wildman–Crippen LogP) is 7.21. The molecule has 0 atom stereocenters. The van der Waals surface area contributed by atoms with Crippen LogP contribution in [0.2, 0.25) is 5.02 Å². The van der Waals surface area contributed by atoms with Crippen LogP contribution < -0.4 is 16.0 Å². The van der Waals surface area contributed by atoms with E-state index in [-0.39, 0.29) is 5.82 Å². The molecule has 0 spiro atoms. The molecule has 10 heteroatoms. The molecule has 0 bridgehead atoms. The van der Waals surface area contributed by atoms with Gasteiger partial charge in [0.15, 0.2) is 5.65 Å². The summed E-state index contributed by atoms with van der Waals surface area (Å²) in [5, 5.41) is 13.9. The normalized spacial score (nSPS) is 10.9. The van der Waals surface area contributed by atoms with Crippen LogP contribution in [0.15, 0.2) is 89.5 Å². The smallest absolute Gasteiger partial charge is 0.323 e. The van der Waals surface area contributed by atoms with Crippen LogP contribution in [0.5, 0.6) is 0 Å². The van der Waals surface area contributed by atoms with Crippen molar-refractivity contribution in [2.45, 2.75) is 6.54 Å². The molecule has 2 heterocycles. The summed E-state index contributed by atoms with van der Waals surface area (Å²) in [6.45, 7) is 0.514. The number of fused-ring (bicyclic) bond motifs is 1. The minimum absolute atomic E-state index is 0.363. The maximum absolute atomic E-state index is 13.0. The number of amides is 2. The molecule has 0 saturated carbocycles. The van der Waals surface area contributed by atoms with Gasteiger partial charge in [-0.2, -0.15) is 9.61 Å². The molecule has 5 rings (SSSR count). The molecular formula is C26H19BrClFN6O. The molecule has 180 valence electrons. The van der Waals surface area contributed by atoms with Crippen LogP contribution in [0.1, 0.15) is 5.56 Å². The summed E-state index contributed by atoms with van der Waals surface area (Å²) in [6, 6.07) is 22.0. The summed E-state index contributed by atoms with van der Waals surface area (Å²) in [6.07, 6.45) is 1.70. The van der Waals surface area contributed by atoms with E-state index in [2.05, 4.69) is 37.0 Å². The molecule has 3 aromatic carbocycles. The lowest BCUT2D eigenvalue weighted by Crippen LogP contribution is -2.19. The van der Waals surface area contributed by atoms with Crippen LogP contribution in [0.4, 0.5) is 26.4 Å². The number of carbonyl (C=O) groups is 1. The monoisotopic (exact) mass is 564 g/mol. The number of urea groups is 1. The Bertz CT molecular complexity index is 1540. The Morgan fingerprint density at radius 1 is 0.972 bits per heavy atom. The predicted molar refractivity (Wildman–Crippen MR) is 144 cm³/mol. The van der Waals surface area contributed by atoms with Crippen molar-refractivity contribution < 1.29 is 9.18 Å². The first kappa shape index (κ1) is 23.8. The topological polar surface area (TPSA) is 83.4 Å². The van der Waals surface area contributed by atoms with E-state index in [4.69, 9.17) is 16.6 Å². The summed E-state index contributed by atoms with van der Waals surface area (Å²) >= 11 is 9.92. The molecule has 0 radical (unpaired) electrons. The molecule has 0 aliphatic carbocycles. The van der Waals surface area contributed by atoms with E-state index in [1.165, 1.54) is 24.3 Å². The quantitative estimate of drug-likeness (QED) is 0.203. The Hall–Kier alpha value is -3.95. The summed E-state index contributed by atoms with van der Waals surface area (Å²) in [5.74, 6) is 0.388. The first-order valence-electron chi connectivity index (χ1n) is 10.9. The van der Waals surface area contributed by atoms with Gasteiger partial charge in [0.1, 0.15) is 11.6 Å². The van der Waals surface area contributed by atoms with Crippen molar-refractivity contribution in [1.29, 1.82) is 0 Å². The highest BCUT2D eigenvalue weighted by atomic mass is 79.9. The fraction of sp³-hybridized carbons (Fsp3) is 0.0385. The highest BCUT2D eigenvalue weighted by Crippen LogP contribution is 2.30. The first-order chi connectivity index (χ1) is 17.5. The van der Waals surface area contributed by atoms with E-state index < -0.39 is 6.03 Å². The third-order valence-corrected chi connectivity index (χ3v) is 6.26. The molecule has 2 aromatic heterocycles. The van der Waals surface area contributed by atoms with Gasteiger partial charge in [0.2, 0.25) is 0 Å². The third-order valence-electron chi connectivity index (χ3n) is 5.37. The Balaban J connectivity index is 1.29. The van der Waals surface area contributed by atoms with Crippen LogP contribution in [0, 0.1) is 5.82 Å². The summed E-state index contributed by atoms with van der Waals surface area (Å²) < 4.78 is 15.5. The van der Waals surface area contributed by atoms with Crippen molar-refractivity contribution in [1.82, 2.24) is 14.6 Å². The van der Waals surface area contributed by atoms with Crippen molar-refractivity contribution in [3.8, 4) is 11.3 Å². The van der Waals surface area contributed by atoms with Crippen LogP contribution in [-0.4, -0.2) is 20.6 Å². The first-order valence-corrected chi connectivity index (χ1v) is 12.1. The van der Waals surface area contributed by atoms with Gasteiger partial charge in [0, 0.05) is 34.6 Å². The molecule has 7 nitrogen and oxygen atoms in total. The van der Waals surface area contributed by atoms with E-state index in [9.17, 15) is 9.18 Å². The van der Waals surface area contributed by atoms with Gasteiger partial charge < -0.3 is 16.0 Å². The average Bonchev–Trinajstić information content (AvgIpc) is 3.26. The van der Waals surface area contributed by atoms with Crippen LogP contribution in [0.3, 0.4) is 0 Å². The van der Waals surface area contributed by atoms with Crippen molar-refractivity contribution in [2.24, 2.45) is 0 Å². The molecule has 36 heavy (non-hydrogen) atoms. The van der Waals surface area contributed by atoms with Gasteiger partial charge in [-0.15, -0.1) is 0 Å². The maximum atomic E-state index is 13.0. The van der Waals surface area contributed by atoms with Crippen LogP contribution >= 0.6 is 27.5 Å². The highest BCUT2D eigenvalue weighted by Gasteiger charge is 2.13. The standard InChI is InChI=1S/C26H19BrClFN6O/c27-21-15-31-35-24(13-23(34-25(21)35)20-3-1-2-4-22(20)28)30-14-16-5-9-18(10-6-16)32-26(36)33-19-11-7-17(29)8-12-19/h1-13,15,30H,14H2,(H2,32,33,36). The fourth-order valence-corrected chi connectivity index (χ4v) is 4.17. The molecule has 0 fully saturated rings. The third kappa shape index (κ3) is 5.32. The van der Waals surface area contributed by atoms with Gasteiger partial charge in [-0.3, -0.25) is 0 Å². The molecule has 0 unspecified atom stereocenters. The number of rotatable bonds is 6. The molecule has 0 aliphatic heterocycles. The number of carbonyl (C=O) groups excluding carboxylic acids is 1. The number of halogens is 3. The number of nitrogens with zero attached hydrogens (tertiary/aromatic N) is 3. The van der Waals surface area contributed by atoms with Crippen molar-refractivity contribution >= 4 is 56.4 Å². The van der Waals surface area contributed by atoms with Gasteiger partial charge in [0.25, 0.3) is 0 Å². The zero-order chi connectivity index (χ0) is 25.1. The Morgan fingerprint density at radius 2 is 1.64 bits per heavy atom. The van der Waals surface area contributed by atoms with Gasteiger partial charge in [-0.05, 0) is 64.0 Å². The number of hydrogen-bond donors (Lipinski definition) is 3. The second-order valence-electron chi connectivity index (χ2n) is 7.87. The van der Waals surface area contributed by atoms with Gasteiger partial charge >= 0.3 is 6.03 Å². The van der Waals surface area contributed by atoms with Crippen molar-refractivity contribution in [3.05, 3.63) is 106 Å². The largest absolute Gasteiger partial charge is 0.366 e. The Morgan fingerprint density at radius 3 is 2.33 bits per heavy atom. The number of aromatic nitrogens is 3. The lowest BCUT2D eigenvalue weighted by Gasteiger charge is -2.12. The molecule has 2 amide bonds. The van der Waals surface area contributed by atoms with E-state index >= 15 is 0 Å². The molecular weight excluding hydrogens is 547 g/mol. The second-order valence-corrected chi connectivity index (χ2v) is 9.13. The van der Waals surface area contributed by atoms with E-state index in [0.29, 0.717) is 28.6 Å². The fourth-order valence-electron chi connectivity index (χ4n) is 3.59. The maximum Gasteiger partial charge on any atom is 0.323 e. The minimum Gasteiger partial charge on any atom is -0.366 e. The summed E-state index contributed by atoms with van der Waals surface area (Å²) in [4.78, 5) is 16.9. The van der Waals surface area contributed by atoms with E-state index in [1.807, 2.05) is 54.6 Å². The summed E-state index contributed by atoms with van der Waals surface area (Å²) in [7, 11) is 0. The van der Waals surface area contributed by atoms with E-state index in [1.54, 1.807) is 10.7 Å². The second kappa shape index (κ2) is 10.3. The molecule has 5 aromatic rings. The van der Waals surface area contributed by atoms with Crippen LogP contribution in [-0.2, 0) is 6.54 Å². The zero-order valence-electron chi connectivity index (χ0n) is 18.7. The number of hydrogen-bond acceptors (Lipinski definition) is 4. The van der Waals surface area contributed by atoms with Gasteiger partial charge in [0.05, 0.1) is 16.4 Å². The number of nitrogens with one attached hydrogen (secondary N) is 3. The van der Waals surface area contributed by atoms with Gasteiger partial charge in [-0.25, -0.2) is 14.2 Å². The molecule has 0 saturated heterocycles.